The van der Waals surface area contributed by atoms with Crippen molar-refractivity contribution in [2.24, 2.45) is 0 Å². The summed E-state index contributed by atoms with van der Waals surface area (Å²) in [5.41, 5.74) is 4.74. The molecule has 0 saturated heterocycles. The molecule has 0 spiro atoms. The Labute approximate surface area is 112 Å². The standard InChI is InChI=1S/C16H19Br/c17-16-9-7-13(8-10-16)15-6-5-12-3-1-2-4-14(12)11-15/h5-7,9,11,13,16H,1-4,8,10H2. The second-order valence-corrected chi connectivity index (χ2v) is 6.50. The van der Waals surface area contributed by atoms with E-state index in [1.54, 1.807) is 11.1 Å². The Kier molecular flexibility index (Phi) is 3.37. The Bertz CT molecular complexity index is 433. The summed E-state index contributed by atoms with van der Waals surface area (Å²) in [6, 6.07) is 7.20. The van der Waals surface area contributed by atoms with Gasteiger partial charge < -0.3 is 0 Å². The fraction of sp³-hybridized carbons (Fsp3) is 0.500. The first-order valence-electron chi connectivity index (χ1n) is 6.77. The summed E-state index contributed by atoms with van der Waals surface area (Å²) in [4.78, 5) is 0.594. The molecule has 17 heavy (non-hydrogen) atoms. The SMILES string of the molecule is BrC1C=CC(c2ccc3c(c2)CCCC3)CC1. The van der Waals surface area contributed by atoms with Crippen LogP contribution in [0.2, 0.25) is 0 Å². The van der Waals surface area contributed by atoms with Crippen molar-refractivity contribution >= 4 is 15.9 Å². The van der Waals surface area contributed by atoms with Gasteiger partial charge in [0.25, 0.3) is 0 Å². The van der Waals surface area contributed by atoms with E-state index in [9.17, 15) is 0 Å². The smallest absolute Gasteiger partial charge is 0.0325 e. The number of hydrogen-bond donors (Lipinski definition) is 0. The fourth-order valence-corrected chi connectivity index (χ4v) is 3.49. The minimum absolute atomic E-state index is 0.594. The predicted molar refractivity (Wildman–Crippen MR) is 76.9 cm³/mol. The summed E-state index contributed by atoms with van der Waals surface area (Å²) in [6.45, 7) is 0. The van der Waals surface area contributed by atoms with Crippen molar-refractivity contribution in [2.45, 2.75) is 49.3 Å². The average Bonchev–Trinajstić information content (AvgIpc) is 2.39. The van der Waals surface area contributed by atoms with Crippen LogP contribution in [0.4, 0.5) is 0 Å². The largest absolute Gasteiger partial charge is 0.0845 e. The lowest BCUT2D eigenvalue weighted by Gasteiger charge is -2.22. The molecule has 0 aliphatic heterocycles. The first-order valence-corrected chi connectivity index (χ1v) is 7.68. The van der Waals surface area contributed by atoms with E-state index in [2.05, 4.69) is 46.3 Å². The molecule has 0 N–H and O–H groups in total. The molecule has 0 bridgehead atoms. The van der Waals surface area contributed by atoms with Crippen LogP contribution in [-0.2, 0) is 12.8 Å². The average molecular weight is 291 g/mol. The van der Waals surface area contributed by atoms with Crippen LogP contribution in [0.1, 0.15) is 48.3 Å². The van der Waals surface area contributed by atoms with Gasteiger partial charge in [0, 0.05) is 10.7 Å². The predicted octanol–water partition coefficient (Wildman–Crippen LogP) is 4.76. The molecule has 1 aromatic carbocycles. The van der Waals surface area contributed by atoms with E-state index < -0.39 is 0 Å². The first kappa shape index (κ1) is 11.5. The molecule has 2 unspecified atom stereocenters. The van der Waals surface area contributed by atoms with Gasteiger partial charge in [0.1, 0.15) is 0 Å². The minimum Gasteiger partial charge on any atom is -0.0845 e. The van der Waals surface area contributed by atoms with Crippen LogP contribution in [0.3, 0.4) is 0 Å². The number of fused-ring (bicyclic) bond motifs is 1. The molecule has 2 aliphatic carbocycles. The molecular formula is C16H19Br. The molecule has 0 heterocycles. The second kappa shape index (κ2) is 4.97. The maximum absolute atomic E-state index is 3.66. The van der Waals surface area contributed by atoms with Gasteiger partial charge in [-0.15, -0.1) is 0 Å². The molecule has 1 heteroatoms. The number of rotatable bonds is 1. The number of benzene rings is 1. The summed E-state index contributed by atoms with van der Waals surface area (Å²) in [5.74, 6) is 0.649. The number of halogens is 1. The highest BCUT2D eigenvalue weighted by atomic mass is 79.9. The van der Waals surface area contributed by atoms with Gasteiger partial charge in [0.05, 0.1) is 0 Å². The van der Waals surface area contributed by atoms with Crippen molar-refractivity contribution in [2.75, 3.05) is 0 Å². The number of allylic oxidation sites excluding steroid dienone is 2. The van der Waals surface area contributed by atoms with Crippen molar-refractivity contribution < 1.29 is 0 Å². The van der Waals surface area contributed by atoms with Gasteiger partial charge in [-0.25, -0.2) is 0 Å². The molecule has 0 saturated carbocycles. The van der Waals surface area contributed by atoms with Crippen molar-refractivity contribution in [3.8, 4) is 0 Å². The molecule has 3 rings (SSSR count). The quantitative estimate of drug-likeness (QED) is 0.517. The molecule has 0 fully saturated rings. The van der Waals surface area contributed by atoms with E-state index >= 15 is 0 Å². The van der Waals surface area contributed by atoms with Gasteiger partial charge in [-0.3, -0.25) is 0 Å². The Morgan fingerprint density at radius 3 is 2.53 bits per heavy atom. The van der Waals surface area contributed by atoms with Gasteiger partial charge >= 0.3 is 0 Å². The normalized spacial score (nSPS) is 27.8. The highest BCUT2D eigenvalue weighted by Gasteiger charge is 2.17. The summed E-state index contributed by atoms with van der Waals surface area (Å²) < 4.78 is 0. The van der Waals surface area contributed by atoms with E-state index in [1.807, 2.05) is 0 Å². The van der Waals surface area contributed by atoms with E-state index in [4.69, 9.17) is 0 Å². The third kappa shape index (κ3) is 2.49. The van der Waals surface area contributed by atoms with E-state index in [1.165, 1.54) is 44.1 Å². The molecule has 0 nitrogen and oxygen atoms in total. The van der Waals surface area contributed by atoms with Crippen LogP contribution in [0, 0.1) is 0 Å². The van der Waals surface area contributed by atoms with Crippen molar-refractivity contribution in [1.29, 1.82) is 0 Å². The Morgan fingerprint density at radius 2 is 1.76 bits per heavy atom. The van der Waals surface area contributed by atoms with Crippen LogP contribution < -0.4 is 0 Å². The van der Waals surface area contributed by atoms with Gasteiger partial charge in [0.15, 0.2) is 0 Å². The Hall–Kier alpha value is -0.560. The molecule has 0 aromatic heterocycles. The van der Waals surface area contributed by atoms with Crippen molar-refractivity contribution in [3.63, 3.8) is 0 Å². The lowest BCUT2D eigenvalue weighted by Crippen LogP contribution is -2.08. The number of hydrogen-bond acceptors (Lipinski definition) is 0. The molecule has 1 aromatic rings. The van der Waals surface area contributed by atoms with Gasteiger partial charge in [-0.1, -0.05) is 46.3 Å². The van der Waals surface area contributed by atoms with Crippen molar-refractivity contribution in [3.05, 3.63) is 47.0 Å². The Morgan fingerprint density at radius 1 is 0.941 bits per heavy atom. The zero-order chi connectivity index (χ0) is 11.7. The summed E-state index contributed by atoms with van der Waals surface area (Å²) in [6.07, 6.45) is 12.6. The molecule has 0 radical (unpaired) electrons. The monoisotopic (exact) mass is 290 g/mol. The first-order chi connectivity index (χ1) is 8.33. The van der Waals surface area contributed by atoms with Crippen LogP contribution in [0.5, 0.6) is 0 Å². The summed E-state index contributed by atoms with van der Waals surface area (Å²) in [7, 11) is 0. The maximum atomic E-state index is 3.66. The molecule has 0 amide bonds. The van der Waals surface area contributed by atoms with Gasteiger partial charge in [-0.2, -0.15) is 0 Å². The van der Waals surface area contributed by atoms with Crippen molar-refractivity contribution in [1.82, 2.24) is 0 Å². The van der Waals surface area contributed by atoms with Crippen LogP contribution in [-0.4, -0.2) is 4.83 Å². The summed E-state index contributed by atoms with van der Waals surface area (Å²) in [5, 5.41) is 0. The topological polar surface area (TPSA) is 0 Å². The van der Waals surface area contributed by atoms with Crippen LogP contribution >= 0.6 is 15.9 Å². The van der Waals surface area contributed by atoms with Gasteiger partial charge in [0.2, 0.25) is 0 Å². The fourth-order valence-electron chi connectivity index (χ4n) is 3.05. The lowest BCUT2D eigenvalue weighted by molar-refractivity contribution is 0.656. The highest BCUT2D eigenvalue weighted by Crippen LogP contribution is 2.32. The zero-order valence-corrected chi connectivity index (χ0v) is 11.7. The van der Waals surface area contributed by atoms with Crippen LogP contribution in [0.25, 0.3) is 0 Å². The molecular weight excluding hydrogens is 272 g/mol. The summed E-state index contributed by atoms with van der Waals surface area (Å²) >= 11 is 3.66. The number of aryl methyl sites for hydroxylation is 2. The van der Waals surface area contributed by atoms with E-state index in [0.29, 0.717) is 10.7 Å². The lowest BCUT2D eigenvalue weighted by atomic mass is 9.84. The van der Waals surface area contributed by atoms with Gasteiger partial charge in [-0.05, 0) is 55.2 Å². The van der Waals surface area contributed by atoms with E-state index in [-0.39, 0.29) is 0 Å². The third-order valence-electron chi connectivity index (χ3n) is 4.11. The Balaban J connectivity index is 1.86. The third-order valence-corrected chi connectivity index (χ3v) is 4.87. The molecule has 90 valence electrons. The van der Waals surface area contributed by atoms with Crippen LogP contribution in [0.15, 0.2) is 30.4 Å². The van der Waals surface area contributed by atoms with E-state index in [0.717, 1.165) is 0 Å². The minimum atomic E-state index is 0.594. The molecule has 2 aliphatic rings. The zero-order valence-electron chi connectivity index (χ0n) is 10.2. The highest BCUT2D eigenvalue weighted by molar-refractivity contribution is 9.09. The number of alkyl halides is 1. The maximum Gasteiger partial charge on any atom is 0.0325 e. The molecule has 2 atom stereocenters. The second-order valence-electron chi connectivity index (χ2n) is 5.32.